The van der Waals surface area contributed by atoms with Crippen LogP contribution in [0.15, 0.2) is 75.9 Å². The third-order valence-electron chi connectivity index (χ3n) is 6.62. The van der Waals surface area contributed by atoms with Gasteiger partial charge < -0.3 is 14.3 Å². The molecule has 3 aromatic carbocycles. The van der Waals surface area contributed by atoms with Gasteiger partial charge in [0, 0.05) is 17.6 Å². The molecule has 0 bridgehead atoms. The van der Waals surface area contributed by atoms with Crippen molar-refractivity contribution in [3.05, 3.63) is 93.8 Å². The third-order valence-corrected chi connectivity index (χ3v) is 6.62. The minimum absolute atomic E-state index is 0.0310. The molecule has 0 aliphatic rings. The van der Waals surface area contributed by atoms with Crippen molar-refractivity contribution in [2.45, 2.75) is 47.1 Å². The molecule has 0 saturated heterocycles. The molecule has 0 saturated carbocycles. The van der Waals surface area contributed by atoms with Gasteiger partial charge in [0.25, 0.3) is 5.56 Å². The molecule has 1 N–H and O–H groups in total. The van der Waals surface area contributed by atoms with Crippen molar-refractivity contribution in [3.8, 4) is 11.1 Å². The highest BCUT2D eigenvalue weighted by Gasteiger charge is 2.23. The zero-order valence-corrected chi connectivity index (χ0v) is 20.4. The van der Waals surface area contributed by atoms with Crippen LogP contribution in [-0.2, 0) is 6.54 Å². The number of nitrogens with one attached hydrogen (secondary N) is 1. The molecular weight excluding hydrogens is 420 g/mol. The van der Waals surface area contributed by atoms with Crippen molar-refractivity contribution >= 4 is 33.4 Å². The number of hydrogen-bond acceptors (Lipinski definition) is 3. The van der Waals surface area contributed by atoms with Gasteiger partial charge in [0.1, 0.15) is 0 Å². The summed E-state index contributed by atoms with van der Waals surface area (Å²) in [5, 5.41) is 5.06. The molecular formula is C30H30N2O2. The fourth-order valence-electron chi connectivity index (χ4n) is 4.76. The predicted molar refractivity (Wildman–Crippen MR) is 142 cm³/mol. The maximum Gasteiger partial charge on any atom is 0.262 e. The number of furan rings is 1. The van der Waals surface area contributed by atoms with Crippen molar-refractivity contribution in [1.29, 1.82) is 0 Å². The second kappa shape index (κ2) is 8.53. The van der Waals surface area contributed by atoms with Gasteiger partial charge >= 0.3 is 0 Å². The number of para-hydroxylation sites is 1. The van der Waals surface area contributed by atoms with Crippen LogP contribution in [-0.4, -0.2) is 4.57 Å². The first-order chi connectivity index (χ1) is 16.4. The average Bonchev–Trinajstić information content (AvgIpc) is 3.21. The minimum Gasteiger partial charge on any atom is -0.439 e. The number of benzene rings is 3. The molecule has 34 heavy (non-hydrogen) atoms. The summed E-state index contributed by atoms with van der Waals surface area (Å²) in [7, 11) is 0. The Morgan fingerprint density at radius 1 is 0.971 bits per heavy atom. The zero-order valence-electron chi connectivity index (χ0n) is 20.4. The van der Waals surface area contributed by atoms with Crippen LogP contribution in [0.4, 0.5) is 11.6 Å². The Balaban J connectivity index is 1.84. The lowest BCUT2D eigenvalue weighted by molar-refractivity contribution is 0.637. The van der Waals surface area contributed by atoms with Crippen molar-refractivity contribution < 1.29 is 4.42 Å². The highest BCUT2D eigenvalue weighted by Crippen LogP contribution is 2.41. The van der Waals surface area contributed by atoms with Gasteiger partial charge in [0.2, 0.25) is 5.88 Å². The second-order valence-electron chi connectivity index (χ2n) is 9.30. The SMILES string of the molecule is CCn1c(=O)c2c(-c3ccc(C(C)C)cc3)c(Nc3ccc(C)cc3C)oc2c2ccccc21. The first kappa shape index (κ1) is 22.0. The Labute approximate surface area is 199 Å². The van der Waals surface area contributed by atoms with Crippen molar-refractivity contribution in [3.63, 3.8) is 0 Å². The summed E-state index contributed by atoms with van der Waals surface area (Å²) in [6.07, 6.45) is 0. The number of anilines is 2. The quantitative estimate of drug-likeness (QED) is 0.296. The standard InChI is InChI=1S/C30H30N2O2/c1-6-32-25-10-8-7-9-23(25)28-27(30(32)33)26(22-14-12-21(13-15-22)18(2)3)29(34-28)31-24-16-11-19(4)17-20(24)5/h7-18,31H,6H2,1-5H3. The number of aryl methyl sites for hydroxylation is 3. The van der Waals surface area contributed by atoms with Gasteiger partial charge in [0.05, 0.1) is 16.5 Å². The minimum atomic E-state index is -0.0310. The molecule has 5 rings (SSSR count). The summed E-state index contributed by atoms with van der Waals surface area (Å²) in [6, 6.07) is 22.7. The maximum atomic E-state index is 13.8. The van der Waals surface area contributed by atoms with Crippen LogP contribution in [0.2, 0.25) is 0 Å². The van der Waals surface area contributed by atoms with E-state index in [2.05, 4.69) is 75.5 Å². The molecule has 4 heteroatoms. The number of pyridine rings is 1. The summed E-state index contributed by atoms with van der Waals surface area (Å²) in [4.78, 5) is 13.8. The van der Waals surface area contributed by atoms with Crippen molar-refractivity contribution in [1.82, 2.24) is 4.57 Å². The molecule has 5 aromatic rings. The molecule has 0 aliphatic heterocycles. The Bertz CT molecular complexity index is 1570. The van der Waals surface area contributed by atoms with Crippen LogP contribution in [0.5, 0.6) is 0 Å². The van der Waals surface area contributed by atoms with E-state index in [1.807, 2.05) is 35.8 Å². The second-order valence-corrected chi connectivity index (χ2v) is 9.30. The monoisotopic (exact) mass is 450 g/mol. The lowest BCUT2D eigenvalue weighted by Gasteiger charge is -2.11. The average molecular weight is 451 g/mol. The van der Waals surface area contributed by atoms with Crippen LogP contribution in [0.25, 0.3) is 33.0 Å². The summed E-state index contributed by atoms with van der Waals surface area (Å²) < 4.78 is 8.32. The smallest absolute Gasteiger partial charge is 0.262 e. The molecule has 172 valence electrons. The number of aromatic nitrogens is 1. The van der Waals surface area contributed by atoms with Gasteiger partial charge in [-0.15, -0.1) is 0 Å². The molecule has 4 nitrogen and oxygen atoms in total. The maximum absolute atomic E-state index is 13.8. The molecule has 0 radical (unpaired) electrons. The van der Waals surface area contributed by atoms with Crippen LogP contribution >= 0.6 is 0 Å². The molecule has 0 amide bonds. The predicted octanol–water partition coefficient (Wildman–Crippen LogP) is 7.92. The summed E-state index contributed by atoms with van der Waals surface area (Å²) in [6.45, 7) is 11.1. The van der Waals surface area contributed by atoms with Gasteiger partial charge in [-0.25, -0.2) is 0 Å². The normalized spacial score (nSPS) is 11.6. The van der Waals surface area contributed by atoms with Crippen LogP contribution < -0.4 is 10.9 Å². The largest absolute Gasteiger partial charge is 0.439 e. The van der Waals surface area contributed by atoms with Crippen LogP contribution in [0.1, 0.15) is 43.4 Å². The fraction of sp³-hybridized carbons (Fsp3) is 0.233. The summed E-state index contributed by atoms with van der Waals surface area (Å²) >= 11 is 0. The lowest BCUT2D eigenvalue weighted by atomic mass is 9.97. The highest BCUT2D eigenvalue weighted by atomic mass is 16.4. The number of hydrogen-bond donors (Lipinski definition) is 1. The Morgan fingerprint density at radius 2 is 1.71 bits per heavy atom. The number of rotatable bonds is 5. The number of fused-ring (bicyclic) bond motifs is 3. The molecule has 0 atom stereocenters. The van der Waals surface area contributed by atoms with Gasteiger partial charge in [-0.1, -0.05) is 67.9 Å². The van der Waals surface area contributed by atoms with E-state index in [4.69, 9.17) is 4.42 Å². The number of nitrogens with zero attached hydrogens (tertiary/aromatic N) is 1. The lowest BCUT2D eigenvalue weighted by Crippen LogP contribution is -2.19. The fourth-order valence-corrected chi connectivity index (χ4v) is 4.76. The van der Waals surface area contributed by atoms with E-state index >= 15 is 0 Å². The molecule has 0 fully saturated rings. The van der Waals surface area contributed by atoms with Crippen LogP contribution in [0.3, 0.4) is 0 Å². The van der Waals surface area contributed by atoms with Gasteiger partial charge in [-0.2, -0.15) is 0 Å². The molecule has 0 unspecified atom stereocenters. The van der Waals surface area contributed by atoms with E-state index in [9.17, 15) is 4.79 Å². The zero-order chi connectivity index (χ0) is 24.0. The van der Waals surface area contributed by atoms with E-state index in [-0.39, 0.29) is 5.56 Å². The Morgan fingerprint density at radius 3 is 2.38 bits per heavy atom. The molecule has 2 aromatic heterocycles. The molecule has 0 aliphatic carbocycles. The summed E-state index contributed by atoms with van der Waals surface area (Å²) in [5.41, 5.74) is 7.80. The first-order valence-corrected chi connectivity index (χ1v) is 11.9. The van der Waals surface area contributed by atoms with E-state index in [0.29, 0.717) is 29.3 Å². The van der Waals surface area contributed by atoms with Crippen molar-refractivity contribution in [2.24, 2.45) is 0 Å². The summed E-state index contributed by atoms with van der Waals surface area (Å²) in [5.74, 6) is 1.03. The highest BCUT2D eigenvalue weighted by molar-refractivity contribution is 6.11. The molecule has 0 spiro atoms. The van der Waals surface area contributed by atoms with Crippen LogP contribution in [0, 0.1) is 13.8 Å². The van der Waals surface area contributed by atoms with Gasteiger partial charge in [0.15, 0.2) is 5.58 Å². The van der Waals surface area contributed by atoms with Crippen molar-refractivity contribution in [2.75, 3.05) is 5.32 Å². The third kappa shape index (κ3) is 3.60. The topological polar surface area (TPSA) is 47.2 Å². The van der Waals surface area contributed by atoms with Gasteiger partial charge in [-0.05, 0) is 61.6 Å². The Kier molecular flexibility index (Phi) is 5.52. The molecule has 2 heterocycles. The van der Waals surface area contributed by atoms with E-state index in [1.165, 1.54) is 11.1 Å². The van der Waals surface area contributed by atoms with E-state index < -0.39 is 0 Å². The van der Waals surface area contributed by atoms with E-state index in [0.717, 1.165) is 33.3 Å². The first-order valence-electron chi connectivity index (χ1n) is 11.9. The van der Waals surface area contributed by atoms with Gasteiger partial charge in [-0.3, -0.25) is 4.79 Å². The Hall–Kier alpha value is -3.79. The van der Waals surface area contributed by atoms with E-state index in [1.54, 1.807) is 0 Å².